The number of benzene rings is 1. The van der Waals surface area contributed by atoms with E-state index in [1.165, 1.54) is 23.5 Å². The van der Waals surface area contributed by atoms with Crippen LogP contribution in [0.15, 0.2) is 30.5 Å². The minimum atomic E-state index is -0.248. The van der Waals surface area contributed by atoms with Crippen LogP contribution in [0, 0.1) is 11.7 Å². The van der Waals surface area contributed by atoms with Crippen LogP contribution in [0.2, 0.25) is 0 Å². The normalized spacial score (nSPS) is 19.3. The van der Waals surface area contributed by atoms with E-state index in [2.05, 4.69) is 4.98 Å². The topological polar surface area (TPSA) is 59.2 Å². The molecule has 0 radical (unpaired) electrons. The van der Waals surface area contributed by atoms with E-state index in [4.69, 9.17) is 5.73 Å². The monoisotopic (exact) mass is 347 g/mol. The van der Waals surface area contributed by atoms with E-state index in [1.54, 1.807) is 18.3 Å². The number of carbonyl (C=O) groups is 1. The van der Waals surface area contributed by atoms with Gasteiger partial charge in [0.05, 0.1) is 11.2 Å². The van der Waals surface area contributed by atoms with Crippen molar-refractivity contribution in [3.05, 3.63) is 51.7 Å². The van der Waals surface area contributed by atoms with Gasteiger partial charge in [-0.25, -0.2) is 9.37 Å². The zero-order valence-electron chi connectivity index (χ0n) is 13.7. The van der Waals surface area contributed by atoms with Crippen LogP contribution < -0.4 is 5.73 Å². The molecule has 24 heavy (non-hydrogen) atoms. The highest BCUT2D eigenvalue weighted by atomic mass is 32.1. The van der Waals surface area contributed by atoms with Crippen molar-refractivity contribution in [2.75, 3.05) is 13.1 Å². The quantitative estimate of drug-likeness (QED) is 0.925. The van der Waals surface area contributed by atoms with Gasteiger partial charge in [-0.1, -0.05) is 12.1 Å². The summed E-state index contributed by atoms with van der Waals surface area (Å²) in [5.74, 6) is 0.167. The third-order valence-corrected chi connectivity index (χ3v) is 5.51. The lowest BCUT2D eigenvalue weighted by atomic mass is 9.92. The van der Waals surface area contributed by atoms with E-state index in [-0.39, 0.29) is 17.8 Å². The summed E-state index contributed by atoms with van der Waals surface area (Å²) in [5, 5.41) is 0.866. The molecule has 6 heteroatoms. The molecule has 0 spiro atoms. The van der Waals surface area contributed by atoms with Crippen LogP contribution in [-0.4, -0.2) is 34.9 Å². The van der Waals surface area contributed by atoms with Gasteiger partial charge in [0.15, 0.2) is 0 Å². The molecule has 2 N–H and O–H groups in total. The fraction of sp³-hybridized carbons (Fsp3) is 0.444. The summed E-state index contributed by atoms with van der Waals surface area (Å²) < 4.78 is 13.0. The predicted octanol–water partition coefficient (Wildman–Crippen LogP) is 3.07. The highest BCUT2D eigenvalue weighted by Crippen LogP contribution is 2.23. The van der Waals surface area contributed by atoms with Gasteiger partial charge in [0.2, 0.25) is 0 Å². The molecule has 1 fully saturated rings. The van der Waals surface area contributed by atoms with Crippen molar-refractivity contribution in [1.82, 2.24) is 9.88 Å². The Balaban J connectivity index is 1.66. The summed E-state index contributed by atoms with van der Waals surface area (Å²) in [6.45, 7) is 3.51. The van der Waals surface area contributed by atoms with Crippen molar-refractivity contribution >= 4 is 17.2 Å². The smallest absolute Gasteiger partial charge is 0.265 e. The molecule has 1 aromatic heterocycles. The van der Waals surface area contributed by atoms with Crippen LogP contribution in [0.3, 0.4) is 0 Å². The van der Waals surface area contributed by atoms with Crippen LogP contribution in [0.5, 0.6) is 0 Å². The van der Waals surface area contributed by atoms with Gasteiger partial charge in [-0.05, 0) is 43.4 Å². The van der Waals surface area contributed by atoms with Gasteiger partial charge in [0.1, 0.15) is 10.7 Å². The fourth-order valence-corrected chi connectivity index (χ4v) is 3.97. The van der Waals surface area contributed by atoms with Crippen LogP contribution in [0.4, 0.5) is 4.39 Å². The first-order valence-electron chi connectivity index (χ1n) is 8.27. The zero-order chi connectivity index (χ0) is 17.1. The predicted molar refractivity (Wildman–Crippen MR) is 93.6 cm³/mol. The molecule has 1 aromatic carbocycles. The van der Waals surface area contributed by atoms with Gasteiger partial charge in [-0.2, -0.15) is 0 Å². The number of likely N-dealkylation sites (tertiary alicyclic amines) is 1. The molecule has 4 nitrogen and oxygen atoms in total. The lowest BCUT2D eigenvalue weighted by molar-refractivity contribution is 0.0665. The number of nitrogens with zero attached hydrogens (tertiary/aromatic N) is 2. The summed E-state index contributed by atoms with van der Waals surface area (Å²) in [7, 11) is 0. The Morgan fingerprint density at radius 1 is 1.46 bits per heavy atom. The van der Waals surface area contributed by atoms with Crippen molar-refractivity contribution in [1.29, 1.82) is 0 Å². The number of piperidine rings is 1. The number of thiazole rings is 1. The Labute approximate surface area is 145 Å². The molecule has 1 saturated heterocycles. The Morgan fingerprint density at radius 3 is 2.92 bits per heavy atom. The van der Waals surface area contributed by atoms with E-state index < -0.39 is 0 Å². The molecule has 0 bridgehead atoms. The first kappa shape index (κ1) is 17.0. The molecular weight excluding hydrogens is 325 g/mol. The second-order valence-corrected chi connectivity index (χ2v) is 7.55. The number of hydrogen-bond acceptors (Lipinski definition) is 4. The molecule has 128 valence electrons. The van der Waals surface area contributed by atoms with E-state index in [1.807, 2.05) is 11.8 Å². The van der Waals surface area contributed by atoms with E-state index in [0.717, 1.165) is 36.5 Å². The van der Waals surface area contributed by atoms with Gasteiger partial charge < -0.3 is 10.6 Å². The Kier molecular flexibility index (Phi) is 5.26. The summed E-state index contributed by atoms with van der Waals surface area (Å²) in [4.78, 5) is 19.6. The maximum absolute atomic E-state index is 13.0. The van der Waals surface area contributed by atoms with Gasteiger partial charge in [0.25, 0.3) is 5.91 Å². The maximum Gasteiger partial charge on any atom is 0.265 e. The van der Waals surface area contributed by atoms with Crippen molar-refractivity contribution in [3.8, 4) is 0 Å². The lowest BCUT2D eigenvalue weighted by Gasteiger charge is -2.34. The molecule has 0 aliphatic carbocycles. The number of amides is 1. The molecule has 1 aliphatic heterocycles. The number of aromatic nitrogens is 1. The first-order valence-corrected chi connectivity index (χ1v) is 9.08. The van der Waals surface area contributed by atoms with Crippen molar-refractivity contribution < 1.29 is 9.18 Å². The van der Waals surface area contributed by atoms with Crippen molar-refractivity contribution in [3.63, 3.8) is 0 Å². The molecule has 0 saturated carbocycles. The zero-order valence-corrected chi connectivity index (χ0v) is 14.6. The Morgan fingerprint density at radius 2 is 2.21 bits per heavy atom. The largest absolute Gasteiger partial charge is 0.338 e. The van der Waals surface area contributed by atoms with Gasteiger partial charge in [-0.15, -0.1) is 11.3 Å². The first-order chi connectivity index (χ1) is 11.5. The average molecular weight is 347 g/mol. The van der Waals surface area contributed by atoms with E-state index >= 15 is 0 Å². The molecule has 1 aliphatic rings. The highest BCUT2D eigenvalue weighted by molar-refractivity contribution is 7.13. The van der Waals surface area contributed by atoms with Crippen LogP contribution >= 0.6 is 11.3 Å². The molecule has 1 amide bonds. The summed E-state index contributed by atoms with van der Waals surface area (Å²) in [6, 6.07) is 6.48. The number of nitrogens with two attached hydrogens (primary N) is 1. The summed E-state index contributed by atoms with van der Waals surface area (Å²) >= 11 is 1.42. The van der Waals surface area contributed by atoms with E-state index in [0.29, 0.717) is 17.2 Å². The Hall–Kier alpha value is -1.79. The molecule has 3 rings (SSSR count). The van der Waals surface area contributed by atoms with Crippen LogP contribution in [0.1, 0.15) is 40.0 Å². The number of halogens is 1. The summed E-state index contributed by atoms with van der Waals surface area (Å²) in [5.41, 5.74) is 6.98. The second kappa shape index (κ2) is 7.40. The van der Waals surface area contributed by atoms with Crippen molar-refractivity contribution in [2.45, 2.75) is 32.2 Å². The van der Waals surface area contributed by atoms with Gasteiger partial charge in [-0.3, -0.25) is 4.79 Å². The minimum Gasteiger partial charge on any atom is -0.338 e. The second-order valence-electron chi connectivity index (χ2n) is 6.43. The SMILES string of the molecule is C[C@H](N)[C@@H]1CCCN(C(=O)c2cnc(Cc3ccc(F)cc3)s2)C1. The number of carbonyl (C=O) groups excluding carboxylic acids is 1. The number of hydrogen-bond donors (Lipinski definition) is 1. The molecule has 2 aromatic rings. The standard InChI is InChI=1S/C18H22FN3OS/c1-12(20)14-3-2-8-22(11-14)18(23)16-10-21-17(24-16)9-13-4-6-15(19)7-5-13/h4-7,10,12,14H,2-3,8-9,11,20H2,1H3/t12-,14+/m0/s1. The lowest BCUT2D eigenvalue weighted by Crippen LogP contribution is -2.44. The van der Waals surface area contributed by atoms with Crippen molar-refractivity contribution in [2.24, 2.45) is 11.7 Å². The average Bonchev–Trinajstić information content (AvgIpc) is 3.05. The van der Waals surface area contributed by atoms with E-state index in [9.17, 15) is 9.18 Å². The highest BCUT2D eigenvalue weighted by Gasteiger charge is 2.27. The molecule has 2 atom stereocenters. The molecule has 2 heterocycles. The minimum absolute atomic E-state index is 0.0446. The third-order valence-electron chi connectivity index (χ3n) is 4.52. The van der Waals surface area contributed by atoms with Gasteiger partial charge in [0, 0.05) is 25.6 Å². The third kappa shape index (κ3) is 3.99. The van der Waals surface area contributed by atoms with Crippen LogP contribution in [-0.2, 0) is 6.42 Å². The van der Waals surface area contributed by atoms with Gasteiger partial charge >= 0.3 is 0 Å². The fourth-order valence-electron chi connectivity index (χ4n) is 3.05. The van der Waals surface area contributed by atoms with Crippen LogP contribution in [0.25, 0.3) is 0 Å². The number of rotatable bonds is 4. The molecular formula is C18H22FN3OS. The maximum atomic E-state index is 13.0. The summed E-state index contributed by atoms with van der Waals surface area (Å²) in [6.07, 6.45) is 4.35. The Bertz CT molecular complexity index is 699. The molecule has 0 unspecified atom stereocenters.